The topological polar surface area (TPSA) is 79.3 Å². The van der Waals surface area contributed by atoms with Crippen LogP contribution in [0.2, 0.25) is 0 Å². The SMILES string of the molecule is C[C@@H]1Cc2cc(/C(O)=C3\C(=O)C(=O)N(CCCN4CCOCC4)[C@H]3c3ccccc3F)ccc2O1. The maximum absolute atomic E-state index is 15.0. The summed E-state index contributed by atoms with van der Waals surface area (Å²) in [4.78, 5) is 29.9. The fourth-order valence-electron chi connectivity index (χ4n) is 5.15. The van der Waals surface area contributed by atoms with E-state index >= 15 is 0 Å². The number of fused-ring (bicyclic) bond motifs is 1. The van der Waals surface area contributed by atoms with Crippen molar-refractivity contribution in [1.29, 1.82) is 0 Å². The summed E-state index contributed by atoms with van der Waals surface area (Å²) >= 11 is 0. The largest absolute Gasteiger partial charge is 0.507 e. The van der Waals surface area contributed by atoms with Gasteiger partial charge in [0.25, 0.3) is 11.7 Å². The standard InChI is InChI=1S/C27H29FN2O5/c1-17-15-19-16-18(7-8-22(19)35-17)25(31)23-24(20-5-2-3-6-21(20)28)30(27(33)26(23)32)10-4-9-29-11-13-34-14-12-29/h2-3,5-8,16-17,24,31H,4,9-15H2,1H3/b25-23+/t17-,24+/m1/s1. The van der Waals surface area contributed by atoms with Gasteiger partial charge in [-0.05, 0) is 43.2 Å². The van der Waals surface area contributed by atoms with Gasteiger partial charge in [0, 0.05) is 43.7 Å². The third-order valence-electron chi connectivity index (χ3n) is 6.89. The molecule has 2 fully saturated rings. The molecule has 0 unspecified atom stereocenters. The van der Waals surface area contributed by atoms with Gasteiger partial charge in [0.1, 0.15) is 23.4 Å². The molecule has 184 valence electrons. The lowest BCUT2D eigenvalue weighted by Gasteiger charge is -2.29. The molecule has 7 nitrogen and oxygen atoms in total. The minimum atomic E-state index is -0.996. The average molecular weight is 481 g/mol. The summed E-state index contributed by atoms with van der Waals surface area (Å²) in [7, 11) is 0. The summed E-state index contributed by atoms with van der Waals surface area (Å²) in [5.74, 6) is -1.61. The van der Waals surface area contributed by atoms with Gasteiger partial charge in [-0.2, -0.15) is 0 Å². The maximum atomic E-state index is 15.0. The highest BCUT2D eigenvalue weighted by atomic mass is 19.1. The van der Waals surface area contributed by atoms with Gasteiger partial charge < -0.3 is 19.5 Å². The number of ketones is 1. The van der Waals surface area contributed by atoms with Crippen molar-refractivity contribution < 1.29 is 28.6 Å². The molecule has 2 aromatic carbocycles. The summed E-state index contributed by atoms with van der Waals surface area (Å²) in [5, 5.41) is 11.3. The summed E-state index contributed by atoms with van der Waals surface area (Å²) in [6.07, 6.45) is 1.33. The molecule has 1 N–H and O–H groups in total. The lowest BCUT2D eigenvalue weighted by atomic mass is 9.94. The number of ether oxygens (including phenoxy) is 2. The van der Waals surface area contributed by atoms with Crippen LogP contribution in [0.1, 0.15) is 36.1 Å². The van der Waals surface area contributed by atoms with Crippen LogP contribution in [0.15, 0.2) is 48.0 Å². The first-order chi connectivity index (χ1) is 16.9. The minimum Gasteiger partial charge on any atom is -0.507 e. The van der Waals surface area contributed by atoms with E-state index in [1.165, 1.54) is 11.0 Å². The molecule has 0 radical (unpaired) electrons. The smallest absolute Gasteiger partial charge is 0.295 e. The number of aliphatic hydroxyl groups is 1. The van der Waals surface area contributed by atoms with Crippen LogP contribution in [0, 0.1) is 5.82 Å². The zero-order chi connectivity index (χ0) is 24.5. The number of Topliss-reactive ketones (excluding diaryl/α,β-unsaturated/α-hetero) is 1. The Balaban J connectivity index is 1.49. The van der Waals surface area contributed by atoms with E-state index in [4.69, 9.17) is 9.47 Å². The number of aliphatic hydroxyl groups excluding tert-OH is 1. The Labute approximate surface area is 203 Å². The number of amides is 1. The number of carbonyl (C=O) groups excluding carboxylic acids is 2. The predicted octanol–water partition coefficient (Wildman–Crippen LogP) is 3.29. The van der Waals surface area contributed by atoms with Crippen molar-refractivity contribution in [2.45, 2.75) is 31.9 Å². The second-order valence-corrected chi connectivity index (χ2v) is 9.28. The molecule has 3 aliphatic heterocycles. The lowest BCUT2D eigenvalue weighted by Crippen LogP contribution is -2.39. The van der Waals surface area contributed by atoms with Crippen LogP contribution in [-0.4, -0.2) is 72.1 Å². The fourth-order valence-corrected chi connectivity index (χ4v) is 5.15. The highest BCUT2D eigenvalue weighted by Crippen LogP contribution is 2.41. The Morgan fingerprint density at radius 2 is 1.89 bits per heavy atom. The van der Waals surface area contributed by atoms with E-state index in [1.807, 2.05) is 6.92 Å². The lowest BCUT2D eigenvalue weighted by molar-refractivity contribution is -0.140. The molecule has 5 rings (SSSR count). The Bertz CT molecular complexity index is 1170. The maximum Gasteiger partial charge on any atom is 0.295 e. The molecule has 0 saturated carbocycles. The van der Waals surface area contributed by atoms with Crippen LogP contribution in [0.25, 0.3) is 5.76 Å². The summed E-state index contributed by atoms with van der Waals surface area (Å²) in [6.45, 7) is 5.94. The van der Waals surface area contributed by atoms with Crippen LogP contribution < -0.4 is 4.74 Å². The van der Waals surface area contributed by atoms with Crippen LogP contribution >= 0.6 is 0 Å². The molecule has 0 bridgehead atoms. The van der Waals surface area contributed by atoms with Crippen molar-refractivity contribution in [1.82, 2.24) is 9.80 Å². The molecule has 1 amide bonds. The van der Waals surface area contributed by atoms with Crippen molar-refractivity contribution in [2.24, 2.45) is 0 Å². The van der Waals surface area contributed by atoms with Crippen LogP contribution in [0.4, 0.5) is 4.39 Å². The predicted molar refractivity (Wildman–Crippen MR) is 128 cm³/mol. The highest BCUT2D eigenvalue weighted by Gasteiger charge is 2.46. The van der Waals surface area contributed by atoms with Crippen LogP contribution in [0.5, 0.6) is 5.75 Å². The van der Waals surface area contributed by atoms with Crippen LogP contribution in [0.3, 0.4) is 0 Å². The minimum absolute atomic E-state index is 0.0258. The van der Waals surface area contributed by atoms with Gasteiger partial charge in [0.05, 0.1) is 24.8 Å². The van der Waals surface area contributed by atoms with Crippen molar-refractivity contribution in [3.63, 3.8) is 0 Å². The summed E-state index contributed by atoms with van der Waals surface area (Å²) in [5.41, 5.74) is 1.44. The number of morpholine rings is 1. The molecular weight excluding hydrogens is 451 g/mol. The first-order valence-electron chi connectivity index (χ1n) is 12.1. The number of hydrogen-bond donors (Lipinski definition) is 1. The van der Waals surface area contributed by atoms with E-state index in [9.17, 15) is 19.1 Å². The summed E-state index contributed by atoms with van der Waals surface area (Å²) in [6, 6.07) is 10.3. The van der Waals surface area contributed by atoms with Gasteiger partial charge in [-0.15, -0.1) is 0 Å². The first kappa shape index (κ1) is 23.5. The molecule has 3 aliphatic rings. The third-order valence-corrected chi connectivity index (χ3v) is 6.89. The first-order valence-corrected chi connectivity index (χ1v) is 12.1. The van der Waals surface area contributed by atoms with E-state index < -0.39 is 23.5 Å². The molecule has 3 heterocycles. The second kappa shape index (κ2) is 9.79. The number of halogens is 1. The monoisotopic (exact) mass is 480 g/mol. The number of rotatable bonds is 6. The number of nitrogens with zero attached hydrogens (tertiary/aromatic N) is 2. The molecular formula is C27H29FN2O5. The van der Waals surface area contributed by atoms with Gasteiger partial charge >= 0.3 is 0 Å². The summed E-state index contributed by atoms with van der Waals surface area (Å²) < 4.78 is 26.1. The van der Waals surface area contributed by atoms with E-state index in [2.05, 4.69) is 4.90 Å². The number of carbonyl (C=O) groups is 2. The molecule has 0 aliphatic carbocycles. The van der Waals surface area contributed by atoms with Crippen molar-refractivity contribution in [2.75, 3.05) is 39.4 Å². The normalized spacial score (nSPS) is 24.0. The molecule has 2 saturated heterocycles. The number of benzene rings is 2. The Morgan fingerprint density at radius 3 is 2.66 bits per heavy atom. The molecule has 8 heteroatoms. The average Bonchev–Trinajstić information content (AvgIpc) is 3.35. The van der Waals surface area contributed by atoms with Gasteiger partial charge in [-0.3, -0.25) is 14.5 Å². The Kier molecular flexibility index (Phi) is 6.58. The van der Waals surface area contributed by atoms with Crippen LogP contribution in [-0.2, 0) is 20.7 Å². The number of hydrogen-bond acceptors (Lipinski definition) is 6. The Hall–Kier alpha value is -3.23. The van der Waals surface area contributed by atoms with Crippen molar-refractivity contribution in [3.8, 4) is 5.75 Å². The van der Waals surface area contributed by atoms with Gasteiger partial charge in [0.15, 0.2) is 0 Å². The fraction of sp³-hybridized carbons (Fsp3) is 0.407. The van der Waals surface area contributed by atoms with Gasteiger partial charge in [-0.25, -0.2) is 4.39 Å². The van der Waals surface area contributed by atoms with Crippen molar-refractivity contribution >= 4 is 17.4 Å². The Morgan fingerprint density at radius 1 is 1.11 bits per heavy atom. The number of likely N-dealkylation sites (tertiary alicyclic amines) is 1. The second-order valence-electron chi connectivity index (χ2n) is 9.28. The van der Waals surface area contributed by atoms with Gasteiger partial charge in [0.2, 0.25) is 0 Å². The van der Waals surface area contributed by atoms with Crippen molar-refractivity contribution in [3.05, 3.63) is 70.5 Å². The molecule has 2 aromatic rings. The zero-order valence-electron chi connectivity index (χ0n) is 19.7. The van der Waals surface area contributed by atoms with E-state index in [0.29, 0.717) is 31.6 Å². The molecule has 0 spiro atoms. The van der Waals surface area contributed by atoms with Gasteiger partial charge in [-0.1, -0.05) is 18.2 Å². The van der Waals surface area contributed by atoms with E-state index in [-0.39, 0.29) is 29.5 Å². The zero-order valence-corrected chi connectivity index (χ0v) is 19.7. The van der Waals surface area contributed by atoms with E-state index in [0.717, 1.165) is 30.9 Å². The highest BCUT2D eigenvalue weighted by molar-refractivity contribution is 6.46. The van der Waals surface area contributed by atoms with E-state index in [1.54, 1.807) is 36.4 Å². The molecule has 35 heavy (non-hydrogen) atoms. The third kappa shape index (κ3) is 4.56. The quantitative estimate of drug-likeness (QED) is 0.388. The molecule has 0 aromatic heterocycles. The molecule has 2 atom stereocenters.